The second-order valence-corrected chi connectivity index (χ2v) is 8.96. The number of methoxy groups -OCH3 is 2. The van der Waals surface area contributed by atoms with Crippen LogP contribution in [0.5, 0.6) is 17.2 Å². The van der Waals surface area contributed by atoms with Gasteiger partial charge in [0, 0.05) is 18.7 Å². The molecule has 1 N–H and O–H groups in total. The number of halogens is 2. The topological polar surface area (TPSA) is 94.2 Å². The molecule has 0 bridgehead atoms. The molecule has 3 rings (SSSR count). The number of hydrogen-bond acceptors (Lipinski definition) is 6. The van der Waals surface area contributed by atoms with Crippen molar-refractivity contribution in [1.29, 1.82) is 0 Å². The molecular formula is C21H24F2N2O6S. The third kappa shape index (κ3) is 5.28. The monoisotopic (exact) mass is 470 g/mol. The van der Waals surface area contributed by atoms with E-state index in [0.717, 1.165) is 19.3 Å². The molecule has 0 radical (unpaired) electrons. The lowest BCUT2D eigenvalue weighted by Crippen LogP contribution is -2.35. The van der Waals surface area contributed by atoms with Crippen LogP contribution in [-0.4, -0.2) is 52.6 Å². The summed E-state index contributed by atoms with van der Waals surface area (Å²) in [6.45, 7) is -2.15. The van der Waals surface area contributed by atoms with Gasteiger partial charge in [0.2, 0.25) is 10.0 Å². The molecule has 0 spiro atoms. The largest absolute Gasteiger partial charge is 0.495 e. The van der Waals surface area contributed by atoms with Gasteiger partial charge in [-0.25, -0.2) is 8.42 Å². The minimum absolute atomic E-state index is 0.0359. The van der Waals surface area contributed by atoms with E-state index in [1.165, 1.54) is 54.9 Å². The van der Waals surface area contributed by atoms with Crippen LogP contribution < -0.4 is 19.5 Å². The van der Waals surface area contributed by atoms with E-state index in [2.05, 4.69) is 10.1 Å². The average Bonchev–Trinajstić information content (AvgIpc) is 2.79. The Hall–Kier alpha value is -2.92. The van der Waals surface area contributed by atoms with E-state index in [9.17, 15) is 22.0 Å². The second kappa shape index (κ2) is 10.1. The molecule has 32 heavy (non-hydrogen) atoms. The van der Waals surface area contributed by atoms with Crippen molar-refractivity contribution in [2.45, 2.75) is 30.8 Å². The molecule has 1 fully saturated rings. The van der Waals surface area contributed by atoms with Crippen molar-refractivity contribution in [3.63, 3.8) is 0 Å². The Morgan fingerprint density at radius 2 is 1.62 bits per heavy atom. The van der Waals surface area contributed by atoms with Gasteiger partial charge in [-0.05, 0) is 49.2 Å². The summed E-state index contributed by atoms with van der Waals surface area (Å²) in [5, 5.41) is 2.61. The van der Waals surface area contributed by atoms with Gasteiger partial charge in [-0.2, -0.15) is 13.1 Å². The van der Waals surface area contributed by atoms with Crippen LogP contribution in [0.15, 0.2) is 41.3 Å². The lowest BCUT2D eigenvalue weighted by Gasteiger charge is -2.26. The van der Waals surface area contributed by atoms with Crippen molar-refractivity contribution >= 4 is 21.6 Å². The molecule has 11 heteroatoms. The number of carbonyl (C=O) groups excluding carboxylic acids is 1. The number of ether oxygens (including phenoxy) is 3. The number of piperidine rings is 1. The van der Waals surface area contributed by atoms with Crippen LogP contribution in [0.3, 0.4) is 0 Å². The van der Waals surface area contributed by atoms with Gasteiger partial charge in [-0.15, -0.1) is 0 Å². The summed E-state index contributed by atoms with van der Waals surface area (Å²) in [5.74, 6) is -0.615. The van der Waals surface area contributed by atoms with Gasteiger partial charge < -0.3 is 19.5 Å². The van der Waals surface area contributed by atoms with Gasteiger partial charge in [-0.1, -0.05) is 6.42 Å². The normalized spacial score (nSPS) is 14.8. The molecule has 0 atom stereocenters. The smallest absolute Gasteiger partial charge is 0.387 e. The molecule has 2 aromatic carbocycles. The van der Waals surface area contributed by atoms with E-state index in [1.807, 2.05) is 0 Å². The van der Waals surface area contributed by atoms with Crippen LogP contribution in [0.25, 0.3) is 0 Å². The van der Waals surface area contributed by atoms with E-state index in [4.69, 9.17) is 9.47 Å². The maximum absolute atomic E-state index is 13.0. The van der Waals surface area contributed by atoms with Crippen LogP contribution in [0.2, 0.25) is 0 Å². The Balaban J connectivity index is 1.87. The minimum atomic E-state index is -3.72. The zero-order valence-corrected chi connectivity index (χ0v) is 18.5. The highest BCUT2D eigenvalue weighted by Gasteiger charge is 2.27. The predicted octanol–water partition coefficient (Wildman–Crippen LogP) is 3.73. The molecule has 0 aliphatic carbocycles. The Labute approximate surface area is 185 Å². The third-order valence-electron chi connectivity index (χ3n) is 5.01. The van der Waals surface area contributed by atoms with E-state index >= 15 is 0 Å². The number of amides is 1. The van der Waals surface area contributed by atoms with Gasteiger partial charge in [-0.3, -0.25) is 4.79 Å². The molecule has 1 amide bonds. The maximum Gasteiger partial charge on any atom is 0.387 e. The number of rotatable bonds is 8. The van der Waals surface area contributed by atoms with Gasteiger partial charge in [0.1, 0.15) is 5.75 Å². The fourth-order valence-electron chi connectivity index (χ4n) is 3.40. The van der Waals surface area contributed by atoms with Crippen molar-refractivity contribution in [3.05, 3.63) is 42.0 Å². The summed E-state index contributed by atoms with van der Waals surface area (Å²) in [5.41, 5.74) is 0.247. The highest BCUT2D eigenvalue weighted by molar-refractivity contribution is 7.89. The molecule has 0 aromatic heterocycles. The van der Waals surface area contributed by atoms with E-state index in [-0.39, 0.29) is 33.4 Å². The van der Waals surface area contributed by atoms with Crippen LogP contribution in [0, 0.1) is 0 Å². The first-order valence-corrected chi connectivity index (χ1v) is 11.3. The number of alkyl halides is 2. The van der Waals surface area contributed by atoms with Crippen molar-refractivity contribution in [2.24, 2.45) is 0 Å². The zero-order valence-electron chi connectivity index (χ0n) is 17.6. The molecular weight excluding hydrogens is 446 g/mol. The number of nitrogens with one attached hydrogen (secondary N) is 1. The summed E-state index contributed by atoms with van der Waals surface area (Å²) < 4.78 is 67.0. The number of nitrogens with zero attached hydrogens (tertiary/aromatic N) is 1. The standard InChI is InChI=1S/C21H24F2N2O6S/c1-29-17-9-7-15(32(27,28)25-10-4-3-5-11-25)13-16(17)24-20(26)14-6-8-18(31-21(22)23)19(12-14)30-2/h6-9,12-13,21H,3-5,10-11H2,1-2H3,(H,24,26). The highest BCUT2D eigenvalue weighted by atomic mass is 32.2. The number of anilines is 1. The molecule has 1 saturated heterocycles. The van der Waals surface area contributed by atoms with Crippen molar-refractivity contribution < 1.29 is 36.2 Å². The van der Waals surface area contributed by atoms with Gasteiger partial charge in [0.15, 0.2) is 11.5 Å². The molecule has 1 aliphatic heterocycles. The number of carbonyl (C=O) groups is 1. The Bertz CT molecular complexity index is 1070. The molecule has 0 saturated carbocycles. The lowest BCUT2D eigenvalue weighted by atomic mass is 10.1. The van der Waals surface area contributed by atoms with E-state index in [1.54, 1.807) is 0 Å². The van der Waals surface area contributed by atoms with Crippen LogP contribution in [0.1, 0.15) is 29.6 Å². The highest BCUT2D eigenvalue weighted by Crippen LogP contribution is 2.32. The summed E-state index contributed by atoms with van der Waals surface area (Å²) >= 11 is 0. The minimum Gasteiger partial charge on any atom is -0.495 e. The molecule has 1 aliphatic rings. The van der Waals surface area contributed by atoms with Crippen molar-refractivity contribution in [3.8, 4) is 17.2 Å². The van der Waals surface area contributed by atoms with Gasteiger partial charge >= 0.3 is 6.61 Å². The second-order valence-electron chi connectivity index (χ2n) is 7.03. The first kappa shape index (κ1) is 23.7. The number of hydrogen-bond donors (Lipinski definition) is 1. The Morgan fingerprint density at radius 3 is 2.25 bits per heavy atom. The number of benzene rings is 2. The van der Waals surface area contributed by atoms with Crippen LogP contribution in [0.4, 0.5) is 14.5 Å². The van der Waals surface area contributed by atoms with Gasteiger partial charge in [0.25, 0.3) is 5.91 Å². The molecule has 2 aromatic rings. The van der Waals surface area contributed by atoms with Gasteiger partial charge in [0.05, 0.1) is 24.8 Å². The zero-order chi connectivity index (χ0) is 23.3. The Kier molecular flexibility index (Phi) is 7.52. The lowest BCUT2D eigenvalue weighted by molar-refractivity contribution is -0.0512. The van der Waals surface area contributed by atoms with Crippen LogP contribution >= 0.6 is 0 Å². The number of sulfonamides is 1. The fourth-order valence-corrected chi connectivity index (χ4v) is 4.94. The third-order valence-corrected chi connectivity index (χ3v) is 6.91. The quantitative estimate of drug-likeness (QED) is 0.632. The van der Waals surface area contributed by atoms with E-state index < -0.39 is 22.5 Å². The first-order chi connectivity index (χ1) is 15.3. The van der Waals surface area contributed by atoms with E-state index in [0.29, 0.717) is 13.1 Å². The van der Waals surface area contributed by atoms with Crippen molar-refractivity contribution in [1.82, 2.24) is 4.31 Å². The summed E-state index contributed by atoms with van der Waals surface area (Å²) in [7, 11) is -1.07. The van der Waals surface area contributed by atoms with Crippen molar-refractivity contribution in [2.75, 3.05) is 32.6 Å². The van der Waals surface area contributed by atoms with Crippen LogP contribution in [-0.2, 0) is 10.0 Å². The molecule has 174 valence electrons. The Morgan fingerprint density at radius 1 is 0.969 bits per heavy atom. The summed E-state index contributed by atoms with van der Waals surface area (Å²) in [4.78, 5) is 12.8. The maximum atomic E-state index is 13.0. The summed E-state index contributed by atoms with van der Waals surface area (Å²) in [6, 6.07) is 7.95. The molecule has 8 nitrogen and oxygen atoms in total. The average molecular weight is 470 g/mol. The molecule has 1 heterocycles. The fraction of sp³-hybridized carbons (Fsp3) is 0.381. The summed E-state index contributed by atoms with van der Waals surface area (Å²) in [6.07, 6.45) is 2.58. The molecule has 0 unspecified atom stereocenters. The first-order valence-electron chi connectivity index (χ1n) is 9.88. The predicted molar refractivity (Wildman–Crippen MR) is 113 cm³/mol. The SMILES string of the molecule is COc1ccc(S(=O)(=O)N2CCCCC2)cc1NC(=O)c1ccc(OC(F)F)c(OC)c1.